The van der Waals surface area contributed by atoms with E-state index in [0.717, 1.165) is 17.7 Å². The van der Waals surface area contributed by atoms with E-state index in [2.05, 4.69) is 4.72 Å². The first-order valence-corrected chi connectivity index (χ1v) is 10.3. The Morgan fingerprint density at radius 2 is 1.86 bits per heavy atom. The highest BCUT2D eigenvalue weighted by atomic mass is 35.5. The number of sulfonamides is 1. The zero-order valence-electron chi connectivity index (χ0n) is 14.7. The van der Waals surface area contributed by atoms with Gasteiger partial charge in [0.15, 0.2) is 0 Å². The number of fused-ring (bicyclic) bond motifs is 1. The van der Waals surface area contributed by atoms with Gasteiger partial charge in [-0.25, -0.2) is 8.42 Å². The van der Waals surface area contributed by atoms with Gasteiger partial charge in [0.25, 0.3) is 0 Å². The van der Waals surface area contributed by atoms with Gasteiger partial charge in [0.2, 0.25) is 15.9 Å². The number of halogens is 4. The third-order valence-corrected chi connectivity index (χ3v) is 5.16. The fourth-order valence-electron chi connectivity index (χ4n) is 2.90. The predicted octanol–water partition coefficient (Wildman–Crippen LogP) is 5.16. The molecular weight excluding hydrogens is 417 g/mol. The van der Waals surface area contributed by atoms with Crippen LogP contribution in [0.3, 0.4) is 0 Å². The number of alkyl halides is 3. The monoisotopic (exact) mass is 432 g/mol. The number of nitrogens with zero attached hydrogens (tertiary/aromatic N) is 1. The lowest BCUT2D eigenvalue weighted by Crippen LogP contribution is -2.22. The van der Waals surface area contributed by atoms with Gasteiger partial charge in [-0.15, -0.1) is 0 Å². The second kappa shape index (κ2) is 6.89. The topological polar surface area (TPSA) is 71.3 Å². The van der Waals surface area contributed by atoms with Crippen LogP contribution >= 0.6 is 11.6 Å². The van der Waals surface area contributed by atoms with Gasteiger partial charge < -0.3 is 9.67 Å². The Labute approximate surface area is 164 Å². The summed E-state index contributed by atoms with van der Waals surface area (Å²) in [5.41, 5.74) is 1.50. The van der Waals surface area contributed by atoms with Crippen LogP contribution in [0.25, 0.3) is 21.9 Å². The maximum absolute atomic E-state index is 13.0. The number of aromatic hydroxyl groups is 1. The molecule has 1 aromatic heterocycles. The van der Waals surface area contributed by atoms with Gasteiger partial charge in [-0.05, 0) is 42.3 Å². The third kappa shape index (κ3) is 4.05. The number of anilines is 1. The summed E-state index contributed by atoms with van der Waals surface area (Å²) >= 11 is 6.23. The molecule has 150 valence electrons. The van der Waals surface area contributed by atoms with Crippen molar-refractivity contribution in [3.05, 3.63) is 47.6 Å². The fraction of sp³-hybridized carbons (Fsp3) is 0.222. The lowest BCUT2D eigenvalue weighted by molar-refractivity contribution is -0.163. The molecule has 0 spiro atoms. The first-order valence-electron chi connectivity index (χ1n) is 8.05. The standard InChI is InChI=1S/C18H16ClF3N2O3S/c1-10(18(20,21)22)24-9-13-6-12(8-15(19)16(13)17(24)25)11-4-3-5-14(7-11)23-28(2,26)27/h3-10,23,25H,1-2H3/t10-/m0/s1. The molecule has 3 rings (SSSR count). The summed E-state index contributed by atoms with van der Waals surface area (Å²) in [6, 6.07) is 7.65. The zero-order valence-corrected chi connectivity index (χ0v) is 16.3. The molecule has 0 aliphatic carbocycles. The Balaban J connectivity index is 2.11. The van der Waals surface area contributed by atoms with Gasteiger partial charge in [-0.2, -0.15) is 13.2 Å². The van der Waals surface area contributed by atoms with Crippen molar-refractivity contribution < 1.29 is 26.7 Å². The van der Waals surface area contributed by atoms with Gasteiger partial charge in [-0.3, -0.25) is 4.72 Å². The van der Waals surface area contributed by atoms with E-state index in [-0.39, 0.29) is 10.4 Å². The zero-order chi connectivity index (χ0) is 20.9. The van der Waals surface area contributed by atoms with E-state index >= 15 is 0 Å². The Morgan fingerprint density at radius 3 is 2.46 bits per heavy atom. The molecule has 0 unspecified atom stereocenters. The van der Waals surface area contributed by atoms with E-state index < -0.39 is 28.1 Å². The number of nitrogens with one attached hydrogen (secondary N) is 1. The van der Waals surface area contributed by atoms with E-state index in [1.54, 1.807) is 30.3 Å². The Bertz CT molecular complexity index is 1160. The number of benzene rings is 2. The molecule has 10 heteroatoms. The molecule has 2 aromatic carbocycles. The number of hydrogen-bond donors (Lipinski definition) is 2. The van der Waals surface area contributed by atoms with Crippen molar-refractivity contribution in [2.45, 2.75) is 19.1 Å². The predicted molar refractivity (Wildman–Crippen MR) is 103 cm³/mol. The van der Waals surface area contributed by atoms with E-state index in [1.165, 1.54) is 12.3 Å². The Kier molecular flexibility index (Phi) is 5.01. The lowest BCUT2D eigenvalue weighted by atomic mass is 10.0. The van der Waals surface area contributed by atoms with Crippen molar-refractivity contribution in [1.82, 2.24) is 4.57 Å². The van der Waals surface area contributed by atoms with Crippen LogP contribution in [0.5, 0.6) is 5.88 Å². The Hall–Kier alpha value is -2.39. The van der Waals surface area contributed by atoms with Gasteiger partial charge in [0, 0.05) is 17.3 Å². The van der Waals surface area contributed by atoms with E-state index in [0.29, 0.717) is 22.2 Å². The number of hydrogen-bond acceptors (Lipinski definition) is 3. The fourth-order valence-corrected chi connectivity index (χ4v) is 3.77. The number of rotatable bonds is 4. The molecular formula is C18H16ClF3N2O3S. The molecule has 2 N–H and O–H groups in total. The third-order valence-electron chi connectivity index (χ3n) is 4.26. The smallest absolute Gasteiger partial charge is 0.408 e. The average molecular weight is 433 g/mol. The van der Waals surface area contributed by atoms with E-state index in [1.807, 2.05) is 0 Å². The van der Waals surface area contributed by atoms with Crippen molar-refractivity contribution in [3.63, 3.8) is 0 Å². The molecule has 0 aliphatic heterocycles. The highest BCUT2D eigenvalue weighted by Gasteiger charge is 2.38. The van der Waals surface area contributed by atoms with E-state index in [9.17, 15) is 26.7 Å². The molecule has 0 radical (unpaired) electrons. The van der Waals surface area contributed by atoms with Gasteiger partial charge in [0.1, 0.15) is 6.04 Å². The van der Waals surface area contributed by atoms with Crippen LogP contribution in [0.15, 0.2) is 42.6 Å². The average Bonchev–Trinajstić information content (AvgIpc) is 2.89. The minimum Gasteiger partial charge on any atom is -0.494 e. The second-order valence-electron chi connectivity index (χ2n) is 6.45. The molecule has 0 saturated carbocycles. The second-order valence-corrected chi connectivity index (χ2v) is 8.61. The molecule has 0 amide bonds. The minimum atomic E-state index is -4.53. The lowest BCUT2D eigenvalue weighted by Gasteiger charge is -2.18. The Morgan fingerprint density at radius 1 is 1.18 bits per heavy atom. The minimum absolute atomic E-state index is 0.0830. The first kappa shape index (κ1) is 20.3. The molecule has 1 atom stereocenters. The normalized spacial score (nSPS) is 13.6. The van der Waals surface area contributed by atoms with Crippen LogP contribution < -0.4 is 4.72 Å². The molecule has 0 fully saturated rings. The SMILES string of the molecule is C[C@H](n1cc2cc(-c3cccc(NS(C)(=O)=O)c3)cc(Cl)c2c1O)C(F)(F)F. The van der Waals surface area contributed by atoms with Crippen molar-refractivity contribution >= 4 is 38.1 Å². The summed E-state index contributed by atoms with van der Waals surface area (Å²) in [6.07, 6.45) is -2.32. The quantitative estimate of drug-likeness (QED) is 0.598. The molecule has 28 heavy (non-hydrogen) atoms. The van der Waals surface area contributed by atoms with E-state index in [4.69, 9.17) is 11.6 Å². The maximum Gasteiger partial charge on any atom is 0.408 e. The van der Waals surface area contributed by atoms with Crippen LogP contribution in [-0.4, -0.2) is 30.5 Å². The highest BCUT2D eigenvalue weighted by Crippen LogP contribution is 2.42. The maximum atomic E-state index is 13.0. The van der Waals surface area contributed by atoms with Crippen LogP contribution in [-0.2, 0) is 10.0 Å². The first-order chi connectivity index (χ1) is 12.9. The summed E-state index contributed by atoms with van der Waals surface area (Å²) in [5.74, 6) is -0.566. The summed E-state index contributed by atoms with van der Waals surface area (Å²) in [4.78, 5) is 0. The molecule has 1 heterocycles. The van der Waals surface area contributed by atoms with Crippen LogP contribution in [0, 0.1) is 0 Å². The molecule has 0 aliphatic rings. The van der Waals surface area contributed by atoms with Crippen molar-refractivity contribution in [2.24, 2.45) is 0 Å². The molecule has 3 aromatic rings. The highest BCUT2D eigenvalue weighted by molar-refractivity contribution is 7.92. The summed E-state index contributed by atoms with van der Waals surface area (Å²) in [6.45, 7) is 0.938. The van der Waals surface area contributed by atoms with Gasteiger partial charge in [-0.1, -0.05) is 23.7 Å². The van der Waals surface area contributed by atoms with Crippen molar-refractivity contribution in [2.75, 3.05) is 11.0 Å². The summed E-state index contributed by atoms with van der Waals surface area (Å²) in [5, 5.41) is 10.8. The van der Waals surface area contributed by atoms with Crippen LogP contribution in [0.2, 0.25) is 5.02 Å². The van der Waals surface area contributed by atoms with Gasteiger partial charge >= 0.3 is 6.18 Å². The number of aromatic nitrogens is 1. The summed E-state index contributed by atoms with van der Waals surface area (Å²) in [7, 11) is -3.46. The van der Waals surface area contributed by atoms with Crippen molar-refractivity contribution in [1.29, 1.82) is 0 Å². The largest absolute Gasteiger partial charge is 0.494 e. The van der Waals surface area contributed by atoms with Crippen LogP contribution in [0.4, 0.5) is 18.9 Å². The molecule has 0 saturated heterocycles. The van der Waals surface area contributed by atoms with Crippen molar-refractivity contribution in [3.8, 4) is 17.0 Å². The molecule has 0 bridgehead atoms. The summed E-state index contributed by atoms with van der Waals surface area (Å²) < 4.78 is 65.0. The molecule has 5 nitrogen and oxygen atoms in total. The van der Waals surface area contributed by atoms with Crippen LogP contribution in [0.1, 0.15) is 13.0 Å². The van der Waals surface area contributed by atoms with Gasteiger partial charge in [0.05, 0.1) is 16.7 Å².